The van der Waals surface area contributed by atoms with E-state index >= 15 is 0 Å². The summed E-state index contributed by atoms with van der Waals surface area (Å²) in [6.45, 7) is 3.87. The smallest absolute Gasteiger partial charge is 0.283 e. The second-order valence-electron chi connectivity index (χ2n) is 6.66. The molecule has 0 bridgehead atoms. The molecule has 0 N–H and O–H groups in total. The topological polar surface area (TPSA) is 65.7 Å². The molecule has 1 unspecified atom stereocenters. The zero-order chi connectivity index (χ0) is 17.9. The molecule has 1 saturated carbocycles. The molecule has 1 aliphatic carbocycles. The molecule has 6 nitrogen and oxygen atoms in total. The van der Waals surface area contributed by atoms with E-state index in [1.807, 2.05) is 23.7 Å². The normalized spacial score (nSPS) is 20.5. The molecule has 26 heavy (non-hydrogen) atoms. The summed E-state index contributed by atoms with van der Waals surface area (Å²) in [4.78, 5) is 17.8. The molecule has 1 aromatic heterocycles. The minimum absolute atomic E-state index is 0.161. The molecule has 1 aliphatic heterocycles. The lowest BCUT2D eigenvalue weighted by Crippen LogP contribution is -2.25. The van der Waals surface area contributed by atoms with Gasteiger partial charge >= 0.3 is 0 Å². The van der Waals surface area contributed by atoms with Crippen molar-refractivity contribution >= 4 is 17.2 Å². The van der Waals surface area contributed by atoms with Crippen LogP contribution in [0.1, 0.15) is 53.9 Å². The number of benzene rings is 1. The summed E-state index contributed by atoms with van der Waals surface area (Å²) in [6, 6.07) is 7.24. The fourth-order valence-corrected chi connectivity index (χ4v) is 4.15. The number of hydrogen-bond acceptors (Lipinski definition) is 5. The average Bonchev–Trinajstić information content (AvgIpc) is 3.24. The SMILES string of the molecule is CCOc1ccccc1C(=O)/N=c1\sc(C2CC2)nn1CC1CCCO1. The lowest BCUT2D eigenvalue weighted by atomic mass is 10.2. The van der Waals surface area contributed by atoms with Crippen LogP contribution in [0.4, 0.5) is 0 Å². The van der Waals surface area contributed by atoms with E-state index in [1.165, 1.54) is 24.2 Å². The number of amides is 1. The van der Waals surface area contributed by atoms with E-state index in [0.717, 1.165) is 24.5 Å². The van der Waals surface area contributed by atoms with Crippen LogP contribution in [0.25, 0.3) is 0 Å². The Labute approximate surface area is 156 Å². The number of carbonyl (C=O) groups excluding carboxylic acids is 1. The third-order valence-corrected chi connectivity index (χ3v) is 5.69. The van der Waals surface area contributed by atoms with Gasteiger partial charge in [-0.3, -0.25) is 4.79 Å². The first kappa shape index (κ1) is 17.4. The largest absolute Gasteiger partial charge is 0.493 e. The van der Waals surface area contributed by atoms with E-state index < -0.39 is 0 Å². The number of aromatic nitrogens is 2. The van der Waals surface area contributed by atoms with Crippen LogP contribution in [0.15, 0.2) is 29.3 Å². The lowest BCUT2D eigenvalue weighted by molar-refractivity contribution is 0.0919. The summed E-state index contributed by atoms with van der Waals surface area (Å²) in [5, 5.41) is 5.80. The number of nitrogens with zero attached hydrogens (tertiary/aromatic N) is 3. The Morgan fingerprint density at radius 2 is 2.23 bits per heavy atom. The first-order chi connectivity index (χ1) is 12.7. The van der Waals surface area contributed by atoms with Crippen LogP contribution in [0.3, 0.4) is 0 Å². The van der Waals surface area contributed by atoms with Crippen molar-refractivity contribution in [1.29, 1.82) is 0 Å². The Morgan fingerprint density at radius 3 is 2.96 bits per heavy atom. The Kier molecular flexibility index (Phi) is 5.17. The van der Waals surface area contributed by atoms with Crippen LogP contribution in [0, 0.1) is 0 Å². The second kappa shape index (κ2) is 7.72. The van der Waals surface area contributed by atoms with Gasteiger partial charge in [-0.15, -0.1) is 0 Å². The molecule has 138 valence electrons. The maximum absolute atomic E-state index is 12.8. The lowest BCUT2D eigenvalue weighted by Gasteiger charge is -2.09. The fourth-order valence-electron chi connectivity index (χ4n) is 3.08. The Morgan fingerprint density at radius 1 is 1.38 bits per heavy atom. The third kappa shape index (κ3) is 3.88. The van der Waals surface area contributed by atoms with Gasteiger partial charge in [0.25, 0.3) is 5.91 Å². The first-order valence-corrected chi connectivity index (χ1v) is 10.1. The summed E-state index contributed by atoms with van der Waals surface area (Å²) in [7, 11) is 0. The van der Waals surface area contributed by atoms with Gasteiger partial charge in [0, 0.05) is 12.5 Å². The molecule has 0 spiro atoms. The highest BCUT2D eigenvalue weighted by Gasteiger charge is 2.28. The monoisotopic (exact) mass is 373 g/mol. The van der Waals surface area contributed by atoms with Crippen LogP contribution in [0.5, 0.6) is 5.75 Å². The number of para-hydroxylation sites is 1. The van der Waals surface area contributed by atoms with Crippen molar-refractivity contribution in [3.63, 3.8) is 0 Å². The zero-order valence-corrected chi connectivity index (χ0v) is 15.7. The van der Waals surface area contributed by atoms with Gasteiger partial charge in [0.1, 0.15) is 10.8 Å². The molecule has 2 aliphatic rings. The van der Waals surface area contributed by atoms with Gasteiger partial charge in [0.2, 0.25) is 4.80 Å². The molecular weight excluding hydrogens is 350 g/mol. The molecule has 2 fully saturated rings. The molecule has 1 atom stereocenters. The Bertz CT molecular complexity index is 848. The molecular formula is C19H23N3O3S. The molecule has 4 rings (SSSR count). The standard InChI is InChI=1S/C19H23N3O3S/c1-2-24-16-8-4-3-7-15(16)17(23)20-19-22(12-14-6-5-11-25-14)21-18(26-19)13-9-10-13/h3-4,7-8,13-14H,2,5-6,9-12H2,1H3/b20-19-. The van der Waals surface area contributed by atoms with E-state index in [4.69, 9.17) is 14.6 Å². The predicted octanol–water partition coefficient (Wildman–Crippen LogP) is 3.14. The molecule has 0 radical (unpaired) electrons. The minimum atomic E-state index is -0.291. The maximum Gasteiger partial charge on any atom is 0.283 e. The van der Waals surface area contributed by atoms with Gasteiger partial charge in [0.15, 0.2) is 0 Å². The zero-order valence-electron chi connectivity index (χ0n) is 14.9. The van der Waals surface area contributed by atoms with Crippen molar-refractivity contribution in [1.82, 2.24) is 9.78 Å². The van der Waals surface area contributed by atoms with Crippen LogP contribution in [0.2, 0.25) is 0 Å². The highest BCUT2D eigenvalue weighted by molar-refractivity contribution is 7.09. The van der Waals surface area contributed by atoms with Crippen LogP contribution in [-0.2, 0) is 11.3 Å². The number of carbonyl (C=O) groups is 1. The van der Waals surface area contributed by atoms with E-state index in [9.17, 15) is 4.79 Å². The Balaban J connectivity index is 1.65. The van der Waals surface area contributed by atoms with Crippen molar-refractivity contribution in [2.75, 3.05) is 13.2 Å². The Hall–Kier alpha value is -1.99. The quantitative estimate of drug-likeness (QED) is 0.780. The van der Waals surface area contributed by atoms with Gasteiger partial charge in [-0.05, 0) is 44.7 Å². The van der Waals surface area contributed by atoms with E-state index in [2.05, 4.69) is 4.99 Å². The van der Waals surface area contributed by atoms with Gasteiger partial charge < -0.3 is 9.47 Å². The molecule has 1 amide bonds. The van der Waals surface area contributed by atoms with Crippen LogP contribution in [-0.4, -0.2) is 35.0 Å². The van der Waals surface area contributed by atoms with E-state index in [-0.39, 0.29) is 12.0 Å². The average molecular weight is 373 g/mol. The summed E-state index contributed by atoms with van der Waals surface area (Å²) in [5.41, 5.74) is 0.486. The van der Waals surface area contributed by atoms with Crippen molar-refractivity contribution in [2.24, 2.45) is 4.99 Å². The summed E-state index contributed by atoms with van der Waals surface area (Å²) < 4.78 is 13.2. The minimum Gasteiger partial charge on any atom is -0.493 e. The van der Waals surface area contributed by atoms with Crippen molar-refractivity contribution in [2.45, 2.75) is 51.2 Å². The van der Waals surface area contributed by atoms with Crippen molar-refractivity contribution in [3.8, 4) is 5.75 Å². The van der Waals surface area contributed by atoms with Crippen LogP contribution < -0.4 is 9.54 Å². The first-order valence-electron chi connectivity index (χ1n) is 9.25. The number of hydrogen-bond donors (Lipinski definition) is 0. The highest BCUT2D eigenvalue weighted by Crippen LogP contribution is 2.40. The van der Waals surface area contributed by atoms with Gasteiger partial charge in [-0.2, -0.15) is 10.1 Å². The molecule has 7 heteroatoms. The second-order valence-corrected chi connectivity index (χ2v) is 7.65. The molecule has 1 aromatic carbocycles. The predicted molar refractivity (Wildman–Crippen MR) is 98.6 cm³/mol. The van der Waals surface area contributed by atoms with Gasteiger partial charge in [-0.25, -0.2) is 4.68 Å². The molecule has 1 saturated heterocycles. The van der Waals surface area contributed by atoms with Crippen LogP contribution >= 0.6 is 11.3 Å². The molecule has 2 aromatic rings. The maximum atomic E-state index is 12.8. The highest BCUT2D eigenvalue weighted by atomic mass is 32.1. The van der Waals surface area contributed by atoms with Gasteiger partial charge in [-0.1, -0.05) is 23.5 Å². The third-order valence-electron chi connectivity index (χ3n) is 4.58. The van der Waals surface area contributed by atoms with Gasteiger partial charge in [0.05, 0.1) is 24.8 Å². The number of ether oxygens (including phenoxy) is 2. The van der Waals surface area contributed by atoms with Crippen molar-refractivity contribution in [3.05, 3.63) is 39.6 Å². The molecule has 2 heterocycles. The summed E-state index contributed by atoms with van der Waals surface area (Å²) in [5.74, 6) is 0.813. The fraction of sp³-hybridized carbons (Fsp3) is 0.526. The van der Waals surface area contributed by atoms with E-state index in [1.54, 1.807) is 12.1 Å². The van der Waals surface area contributed by atoms with E-state index in [0.29, 0.717) is 35.2 Å². The number of rotatable bonds is 6. The summed E-state index contributed by atoms with van der Waals surface area (Å²) in [6.07, 6.45) is 4.62. The summed E-state index contributed by atoms with van der Waals surface area (Å²) >= 11 is 1.52. The van der Waals surface area contributed by atoms with Crippen molar-refractivity contribution < 1.29 is 14.3 Å².